The van der Waals surface area contributed by atoms with Gasteiger partial charge in [0, 0.05) is 19.1 Å². The highest BCUT2D eigenvalue weighted by Gasteiger charge is 2.34. The highest BCUT2D eigenvalue weighted by atomic mass is 15.2. The van der Waals surface area contributed by atoms with Crippen molar-refractivity contribution in [2.45, 2.75) is 39.8 Å². The average Bonchev–Trinajstić information content (AvgIpc) is 2.41. The van der Waals surface area contributed by atoms with E-state index < -0.39 is 0 Å². The standard InChI is InChI=1S/C14H21N/c1-12-9-14(2,3)11-15(12)10-13-7-5-4-6-8-13/h4-8,12H,9-11H2,1-3H3. The maximum atomic E-state index is 2.59. The van der Waals surface area contributed by atoms with E-state index in [1.807, 2.05) is 0 Å². The Morgan fingerprint density at radius 1 is 1.27 bits per heavy atom. The Morgan fingerprint density at radius 2 is 1.93 bits per heavy atom. The summed E-state index contributed by atoms with van der Waals surface area (Å²) in [4.78, 5) is 2.59. The molecule has 1 aliphatic rings. The van der Waals surface area contributed by atoms with Gasteiger partial charge in [0.25, 0.3) is 0 Å². The second kappa shape index (κ2) is 3.97. The number of hydrogen-bond acceptors (Lipinski definition) is 1. The molecular weight excluding hydrogens is 182 g/mol. The molecule has 0 bridgehead atoms. The molecule has 1 atom stereocenters. The Morgan fingerprint density at radius 3 is 2.47 bits per heavy atom. The molecule has 0 aromatic heterocycles. The first-order valence-electron chi connectivity index (χ1n) is 5.85. The number of likely N-dealkylation sites (tertiary alicyclic amines) is 1. The summed E-state index contributed by atoms with van der Waals surface area (Å²) in [5.74, 6) is 0. The molecular formula is C14H21N. The summed E-state index contributed by atoms with van der Waals surface area (Å²) >= 11 is 0. The fourth-order valence-corrected chi connectivity index (χ4v) is 2.73. The van der Waals surface area contributed by atoms with Gasteiger partial charge in [0.1, 0.15) is 0 Å². The monoisotopic (exact) mass is 203 g/mol. The summed E-state index contributed by atoms with van der Waals surface area (Å²) in [7, 11) is 0. The number of benzene rings is 1. The van der Waals surface area contributed by atoms with Gasteiger partial charge in [0.05, 0.1) is 0 Å². The molecule has 1 aliphatic heterocycles. The van der Waals surface area contributed by atoms with Crippen molar-refractivity contribution in [3.63, 3.8) is 0 Å². The van der Waals surface area contributed by atoms with Gasteiger partial charge >= 0.3 is 0 Å². The van der Waals surface area contributed by atoms with E-state index in [0.29, 0.717) is 5.41 Å². The minimum absolute atomic E-state index is 0.494. The van der Waals surface area contributed by atoms with Gasteiger partial charge in [-0.3, -0.25) is 4.90 Å². The van der Waals surface area contributed by atoms with Crippen LogP contribution in [0.5, 0.6) is 0 Å². The van der Waals surface area contributed by atoms with Gasteiger partial charge in [0.15, 0.2) is 0 Å². The molecule has 0 amide bonds. The smallest absolute Gasteiger partial charge is 0.0236 e. The minimum Gasteiger partial charge on any atom is -0.296 e. The maximum absolute atomic E-state index is 2.59. The van der Waals surface area contributed by atoms with Crippen molar-refractivity contribution in [3.8, 4) is 0 Å². The molecule has 0 aliphatic carbocycles. The van der Waals surface area contributed by atoms with Crippen LogP contribution in [0.25, 0.3) is 0 Å². The van der Waals surface area contributed by atoms with Crippen LogP contribution < -0.4 is 0 Å². The summed E-state index contributed by atoms with van der Waals surface area (Å²) < 4.78 is 0. The second-order valence-electron chi connectivity index (χ2n) is 5.61. The molecule has 1 heteroatoms. The summed E-state index contributed by atoms with van der Waals surface area (Å²) in [6.45, 7) is 9.41. The zero-order valence-corrected chi connectivity index (χ0v) is 10.0. The van der Waals surface area contributed by atoms with Crippen molar-refractivity contribution >= 4 is 0 Å². The maximum Gasteiger partial charge on any atom is 0.0236 e. The van der Waals surface area contributed by atoms with Crippen molar-refractivity contribution in [2.24, 2.45) is 5.41 Å². The van der Waals surface area contributed by atoms with Crippen LogP contribution in [0.15, 0.2) is 30.3 Å². The van der Waals surface area contributed by atoms with E-state index in [4.69, 9.17) is 0 Å². The zero-order valence-electron chi connectivity index (χ0n) is 10.0. The van der Waals surface area contributed by atoms with Gasteiger partial charge in [-0.25, -0.2) is 0 Å². The van der Waals surface area contributed by atoms with Crippen molar-refractivity contribution in [2.75, 3.05) is 6.54 Å². The van der Waals surface area contributed by atoms with Crippen molar-refractivity contribution in [1.29, 1.82) is 0 Å². The SMILES string of the molecule is CC1CC(C)(C)CN1Cc1ccccc1. The predicted octanol–water partition coefficient (Wildman–Crippen LogP) is 3.31. The van der Waals surface area contributed by atoms with E-state index in [2.05, 4.69) is 56.0 Å². The third-order valence-electron chi connectivity index (χ3n) is 3.33. The van der Waals surface area contributed by atoms with Crippen LogP contribution in [0.2, 0.25) is 0 Å². The molecule has 1 aromatic rings. The summed E-state index contributed by atoms with van der Waals surface area (Å²) in [5.41, 5.74) is 1.93. The molecule has 15 heavy (non-hydrogen) atoms. The average molecular weight is 203 g/mol. The quantitative estimate of drug-likeness (QED) is 0.713. The molecule has 1 fully saturated rings. The molecule has 0 saturated carbocycles. The van der Waals surface area contributed by atoms with E-state index >= 15 is 0 Å². The van der Waals surface area contributed by atoms with Crippen LogP contribution in [0.4, 0.5) is 0 Å². The van der Waals surface area contributed by atoms with Crippen molar-refractivity contribution in [1.82, 2.24) is 4.90 Å². The van der Waals surface area contributed by atoms with Crippen LogP contribution in [0, 0.1) is 5.41 Å². The number of hydrogen-bond donors (Lipinski definition) is 0. The molecule has 1 unspecified atom stereocenters. The van der Waals surface area contributed by atoms with Gasteiger partial charge in [-0.1, -0.05) is 44.2 Å². The van der Waals surface area contributed by atoms with Crippen LogP contribution in [-0.2, 0) is 6.54 Å². The molecule has 1 aromatic carbocycles. The molecule has 82 valence electrons. The summed E-state index contributed by atoms with van der Waals surface area (Å²) in [6, 6.07) is 11.5. The van der Waals surface area contributed by atoms with Crippen molar-refractivity contribution in [3.05, 3.63) is 35.9 Å². The topological polar surface area (TPSA) is 3.24 Å². The van der Waals surface area contributed by atoms with Gasteiger partial charge in [0.2, 0.25) is 0 Å². The predicted molar refractivity (Wildman–Crippen MR) is 64.7 cm³/mol. The lowest BCUT2D eigenvalue weighted by atomic mass is 9.91. The lowest BCUT2D eigenvalue weighted by Gasteiger charge is -2.21. The van der Waals surface area contributed by atoms with Gasteiger partial charge in [-0.05, 0) is 24.3 Å². The Hall–Kier alpha value is -0.820. The fraction of sp³-hybridized carbons (Fsp3) is 0.571. The van der Waals surface area contributed by atoms with E-state index in [1.54, 1.807) is 0 Å². The van der Waals surface area contributed by atoms with Crippen LogP contribution in [-0.4, -0.2) is 17.5 Å². The number of nitrogens with zero attached hydrogens (tertiary/aromatic N) is 1. The molecule has 1 nitrogen and oxygen atoms in total. The minimum atomic E-state index is 0.494. The summed E-state index contributed by atoms with van der Waals surface area (Å²) in [6.07, 6.45) is 1.32. The number of rotatable bonds is 2. The Balaban J connectivity index is 2.02. The molecule has 0 N–H and O–H groups in total. The van der Waals surface area contributed by atoms with E-state index in [-0.39, 0.29) is 0 Å². The van der Waals surface area contributed by atoms with E-state index in [0.717, 1.165) is 12.6 Å². The second-order valence-corrected chi connectivity index (χ2v) is 5.61. The zero-order chi connectivity index (χ0) is 10.9. The van der Waals surface area contributed by atoms with Crippen LogP contribution >= 0.6 is 0 Å². The first kappa shape index (κ1) is 10.7. The Bertz CT molecular complexity index is 315. The Labute approximate surface area is 93.1 Å². The van der Waals surface area contributed by atoms with E-state index in [9.17, 15) is 0 Å². The third-order valence-corrected chi connectivity index (χ3v) is 3.33. The fourth-order valence-electron chi connectivity index (χ4n) is 2.73. The third kappa shape index (κ3) is 2.60. The highest BCUT2D eigenvalue weighted by molar-refractivity contribution is 5.15. The largest absolute Gasteiger partial charge is 0.296 e. The molecule has 2 rings (SSSR count). The normalized spacial score (nSPS) is 25.7. The Kier molecular flexibility index (Phi) is 2.83. The molecule has 1 saturated heterocycles. The lowest BCUT2D eigenvalue weighted by molar-refractivity contribution is 0.244. The van der Waals surface area contributed by atoms with Gasteiger partial charge < -0.3 is 0 Å². The highest BCUT2D eigenvalue weighted by Crippen LogP contribution is 2.34. The van der Waals surface area contributed by atoms with Crippen LogP contribution in [0.1, 0.15) is 32.8 Å². The van der Waals surface area contributed by atoms with Crippen molar-refractivity contribution < 1.29 is 0 Å². The molecule has 1 heterocycles. The van der Waals surface area contributed by atoms with Crippen LogP contribution in [0.3, 0.4) is 0 Å². The first-order valence-corrected chi connectivity index (χ1v) is 5.85. The van der Waals surface area contributed by atoms with Gasteiger partial charge in [-0.2, -0.15) is 0 Å². The molecule has 0 radical (unpaired) electrons. The first-order chi connectivity index (χ1) is 7.07. The lowest BCUT2D eigenvalue weighted by Crippen LogP contribution is -2.27. The summed E-state index contributed by atoms with van der Waals surface area (Å²) in [5, 5.41) is 0. The molecule has 0 spiro atoms. The van der Waals surface area contributed by atoms with Gasteiger partial charge in [-0.15, -0.1) is 0 Å². The van der Waals surface area contributed by atoms with E-state index in [1.165, 1.54) is 18.5 Å².